The van der Waals surface area contributed by atoms with Gasteiger partial charge in [-0.05, 0) is 25.1 Å². The number of halogens is 1. The van der Waals surface area contributed by atoms with Crippen LogP contribution in [-0.2, 0) is 0 Å². The lowest BCUT2D eigenvalue weighted by molar-refractivity contribution is 0.481. The van der Waals surface area contributed by atoms with E-state index in [0.29, 0.717) is 0 Å². The van der Waals surface area contributed by atoms with Crippen molar-refractivity contribution in [2.75, 3.05) is 0 Å². The van der Waals surface area contributed by atoms with Crippen molar-refractivity contribution in [2.45, 2.75) is 6.92 Å². The van der Waals surface area contributed by atoms with Crippen LogP contribution >= 0.6 is 15.9 Å². The van der Waals surface area contributed by atoms with Crippen molar-refractivity contribution in [2.24, 2.45) is 0 Å². The molecule has 13 heavy (non-hydrogen) atoms. The molecule has 0 bridgehead atoms. The normalized spacial score (nSPS) is 10.6. The highest BCUT2D eigenvalue weighted by Gasteiger charge is 2.03. The Balaban J connectivity index is 2.92. The molecule has 0 aliphatic heterocycles. The molecule has 1 aromatic heterocycles. The zero-order valence-corrected chi connectivity index (χ0v) is 8.67. The first-order valence-corrected chi connectivity index (χ1v) is 4.71. The maximum absolute atomic E-state index is 9.53. The summed E-state index contributed by atoms with van der Waals surface area (Å²) in [6.45, 7) is 1.93. The monoisotopic (exact) mass is 237 g/mol. The number of hydrogen-bond acceptors (Lipinski definition) is 2. The molecule has 0 aliphatic rings. The van der Waals surface area contributed by atoms with Crippen LogP contribution in [0, 0.1) is 6.92 Å². The van der Waals surface area contributed by atoms with Gasteiger partial charge in [0.2, 0.25) is 0 Å². The largest absolute Gasteiger partial charge is 0.507 e. The summed E-state index contributed by atoms with van der Waals surface area (Å²) in [5.74, 6) is 0.269. The van der Waals surface area contributed by atoms with Gasteiger partial charge in [0, 0.05) is 27.1 Å². The van der Waals surface area contributed by atoms with Crippen LogP contribution < -0.4 is 0 Å². The van der Waals surface area contributed by atoms with Crippen LogP contribution in [0.4, 0.5) is 0 Å². The molecule has 0 unspecified atom stereocenters. The Bertz CT molecular complexity index is 468. The summed E-state index contributed by atoms with van der Waals surface area (Å²) in [7, 11) is 0. The zero-order valence-electron chi connectivity index (χ0n) is 7.08. The number of rotatable bonds is 0. The second-order valence-corrected chi connectivity index (χ2v) is 3.79. The maximum atomic E-state index is 9.53. The number of hydrogen-bond donors (Lipinski definition) is 1. The van der Waals surface area contributed by atoms with E-state index in [1.54, 1.807) is 12.3 Å². The minimum atomic E-state index is 0.269. The first-order chi connectivity index (χ1) is 6.18. The van der Waals surface area contributed by atoms with Gasteiger partial charge in [0.05, 0.1) is 0 Å². The summed E-state index contributed by atoms with van der Waals surface area (Å²) in [6, 6.07) is 5.43. The van der Waals surface area contributed by atoms with E-state index in [9.17, 15) is 5.11 Å². The number of fused-ring (bicyclic) bond motifs is 1. The number of pyridine rings is 1. The summed E-state index contributed by atoms with van der Waals surface area (Å²) >= 11 is 3.43. The number of aromatic nitrogens is 1. The highest BCUT2D eigenvalue weighted by atomic mass is 79.9. The molecule has 0 atom stereocenters. The fourth-order valence-electron chi connectivity index (χ4n) is 1.29. The van der Waals surface area contributed by atoms with Crippen molar-refractivity contribution in [3.05, 3.63) is 34.6 Å². The molecule has 0 fully saturated rings. The molecule has 1 aromatic carbocycles. The van der Waals surface area contributed by atoms with Gasteiger partial charge in [0.15, 0.2) is 0 Å². The van der Waals surface area contributed by atoms with Gasteiger partial charge in [-0.3, -0.25) is 4.98 Å². The second kappa shape index (κ2) is 3.00. The van der Waals surface area contributed by atoms with E-state index >= 15 is 0 Å². The molecular weight excluding hydrogens is 230 g/mol. The Morgan fingerprint density at radius 3 is 2.85 bits per heavy atom. The van der Waals surface area contributed by atoms with Gasteiger partial charge in [0.25, 0.3) is 0 Å². The van der Waals surface area contributed by atoms with E-state index in [1.807, 2.05) is 19.1 Å². The standard InChI is InChI=1S/C10H8BrNO/c1-6-4-7-8(5-12-6)10(13)3-2-9(7)11/h2-5,13H,1H3. The third kappa shape index (κ3) is 1.40. The molecule has 2 rings (SSSR count). The number of benzene rings is 1. The molecule has 1 heterocycles. The minimum absolute atomic E-state index is 0.269. The van der Waals surface area contributed by atoms with Crippen LogP contribution in [-0.4, -0.2) is 10.1 Å². The molecule has 66 valence electrons. The van der Waals surface area contributed by atoms with Gasteiger partial charge in [0.1, 0.15) is 5.75 Å². The third-order valence-corrected chi connectivity index (χ3v) is 2.65. The number of aryl methyl sites for hydroxylation is 1. The van der Waals surface area contributed by atoms with Crippen LogP contribution in [0.2, 0.25) is 0 Å². The van der Waals surface area contributed by atoms with Crippen LogP contribution in [0.3, 0.4) is 0 Å². The van der Waals surface area contributed by atoms with E-state index in [1.165, 1.54) is 0 Å². The van der Waals surface area contributed by atoms with Crippen LogP contribution in [0.15, 0.2) is 28.9 Å². The zero-order chi connectivity index (χ0) is 9.42. The van der Waals surface area contributed by atoms with Gasteiger partial charge in [-0.15, -0.1) is 0 Å². The molecule has 1 N–H and O–H groups in total. The predicted octanol–water partition coefficient (Wildman–Crippen LogP) is 3.01. The molecular formula is C10H8BrNO. The predicted molar refractivity (Wildman–Crippen MR) is 55.8 cm³/mol. The van der Waals surface area contributed by atoms with Gasteiger partial charge in [-0.25, -0.2) is 0 Å². The number of phenols is 1. The van der Waals surface area contributed by atoms with E-state index in [4.69, 9.17) is 0 Å². The lowest BCUT2D eigenvalue weighted by Gasteiger charge is -2.03. The van der Waals surface area contributed by atoms with Crippen molar-refractivity contribution in [1.82, 2.24) is 4.98 Å². The summed E-state index contributed by atoms with van der Waals surface area (Å²) in [4.78, 5) is 4.13. The highest BCUT2D eigenvalue weighted by molar-refractivity contribution is 9.10. The molecule has 3 heteroatoms. The first-order valence-electron chi connectivity index (χ1n) is 3.92. The Hall–Kier alpha value is -1.09. The van der Waals surface area contributed by atoms with Crippen molar-refractivity contribution >= 4 is 26.7 Å². The fraction of sp³-hybridized carbons (Fsp3) is 0.100. The lowest BCUT2D eigenvalue weighted by Crippen LogP contribution is -1.82. The van der Waals surface area contributed by atoms with Crippen LogP contribution in [0.25, 0.3) is 10.8 Å². The molecule has 0 amide bonds. The smallest absolute Gasteiger partial charge is 0.125 e. The van der Waals surface area contributed by atoms with E-state index in [0.717, 1.165) is 20.9 Å². The van der Waals surface area contributed by atoms with Crippen molar-refractivity contribution < 1.29 is 5.11 Å². The van der Waals surface area contributed by atoms with Crippen molar-refractivity contribution in [3.63, 3.8) is 0 Å². The fourth-order valence-corrected chi connectivity index (χ4v) is 1.75. The Labute approximate surface area is 84.4 Å². The molecule has 0 saturated heterocycles. The molecule has 0 aliphatic carbocycles. The van der Waals surface area contributed by atoms with Gasteiger partial charge >= 0.3 is 0 Å². The van der Waals surface area contributed by atoms with Gasteiger partial charge < -0.3 is 5.11 Å². The third-order valence-electron chi connectivity index (χ3n) is 1.96. The number of phenolic OH excluding ortho intramolecular Hbond substituents is 1. The quantitative estimate of drug-likeness (QED) is 0.765. The van der Waals surface area contributed by atoms with Crippen molar-refractivity contribution in [3.8, 4) is 5.75 Å². The van der Waals surface area contributed by atoms with E-state index in [-0.39, 0.29) is 5.75 Å². The Kier molecular flexibility index (Phi) is 1.96. The Morgan fingerprint density at radius 1 is 1.31 bits per heavy atom. The second-order valence-electron chi connectivity index (χ2n) is 2.94. The number of aromatic hydroxyl groups is 1. The average Bonchev–Trinajstić information content (AvgIpc) is 2.12. The molecule has 2 aromatic rings. The molecule has 0 spiro atoms. The lowest BCUT2D eigenvalue weighted by atomic mass is 10.1. The topological polar surface area (TPSA) is 33.1 Å². The highest BCUT2D eigenvalue weighted by Crippen LogP contribution is 2.30. The summed E-state index contributed by atoms with van der Waals surface area (Å²) in [5.41, 5.74) is 0.943. The minimum Gasteiger partial charge on any atom is -0.507 e. The van der Waals surface area contributed by atoms with Gasteiger partial charge in [-0.2, -0.15) is 0 Å². The average molecular weight is 238 g/mol. The van der Waals surface area contributed by atoms with E-state index < -0.39 is 0 Å². The van der Waals surface area contributed by atoms with E-state index in [2.05, 4.69) is 20.9 Å². The summed E-state index contributed by atoms with van der Waals surface area (Å²) < 4.78 is 0.978. The maximum Gasteiger partial charge on any atom is 0.125 e. The SMILES string of the molecule is Cc1cc2c(Br)ccc(O)c2cn1. The van der Waals surface area contributed by atoms with Gasteiger partial charge in [-0.1, -0.05) is 15.9 Å². The number of nitrogens with zero attached hydrogens (tertiary/aromatic N) is 1. The summed E-state index contributed by atoms with van der Waals surface area (Å²) in [5, 5.41) is 11.3. The van der Waals surface area contributed by atoms with Crippen LogP contribution in [0.1, 0.15) is 5.69 Å². The Morgan fingerprint density at radius 2 is 2.08 bits per heavy atom. The first kappa shape index (κ1) is 8.51. The van der Waals surface area contributed by atoms with Crippen LogP contribution in [0.5, 0.6) is 5.75 Å². The molecule has 0 radical (unpaired) electrons. The van der Waals surface area contributed by atoms with Crippen molar-refractivity contribution in [1.29, 1.82) is 0 Å². The molecule has 2 nitrogen and oxygen atoms in total. The molecule has 0 saturated carbocycles. The summed E-state index contributed by atoms with van der Waals surface area (Å²) in [6.07, 6.45) is 1.69.